The number of hydrogen-bond donors (Lipinski definition) is 1. The number of alkyl halides is 3. The number of carbonyl (C=O) groups is 2. The molecule has 1 aromatic carbocycles. The van der Waals surface area contributed by atoms with Gasteiger partial charge in [0.25, 0.3) is 5.91 Å². The number of ether oxygens (including phenoxy) is 1. The maximum atomic E-state index is 13.0. The minimum absolute atomic E-state index is 0.119. The molecule has 1 fully saturated rings. The molecule has 33 heavy (non-hydrogen) atoms. The van der Waals surface area contributed by atoms with Gasteiger partial charge in [0.15, 0.2) is 5.65 Å². The van der Waals surface area contributed by atoms with E-state index in [1.165, 1.54) is 24.7 Å². The van der Waals surface area contributed by atoms with Gasteiger partial charge in [0.1, 0.15) is 23.6 Å². The molecule has 4 heterocycles. The molecule has 3 amide bonds. The number of imidazole rings is 1. The topological polar surface area (TPSA) is 104 Å². The number of imide groups is 1. The summed E-state index contributed by atoms with van der Waals surface area (Å²) in [5.74, 6) is 0.284. The van der Waals surface area contributed by atoms with Crippen LogP contribution in [0.25, 0.3) is 11.2 Å². The van der Waals surface area contributed by atoms with Gasteiger partial charge in [-0.25, -0.2) is 19.7 Å². The number of anilines is 2. The van der Waals surface area contributed by atoms with Crippen LogP contribution in [0.2, 0.25) is 0 Å². The maximum Gasteiger partial charge on any atom is 0.417 e. The number of amides is 3. The Morgan fingerprint density at radius 3 is 2.48 bits per heavy atom. The highest BCUT2D eigenvalue weighted by molar-refractivity contribution is 6.26. The van der Waals surface area contributed by atoms with Gasteiger partial charge >= 0.3 is 12.2 Å². The van der Waals surface area contributed by atoms with Crippen LogP contribution in [0.1, 0.15) is 5.56 Å². The molecular weight excluding hydrogens is 441 g/mol. The maximum absolute atomic E-state index is 13.0. The third kappa shape index (κ3) is 3.82. The van der Waals surface area contributed by atoms with E-state index >= 15 is 0 Å². The zero-order valence-electron chi connectivity index (χ0n) is 16.6. The molecule has 166 valence electrons. The van der Waals surface area contributed by atoms with Crippen molar-refractivity contribution in [1.82, 2.24) is 19.9 Å². The predicted molar refractivity (Wildman–Crippen MR) is 110 cm³/mol. The van der Waals surface area contributed by atoms with Gasteiger partial charge in [-0.05, 0) is 30.3 Å². The molecule has 0 unspecified atom stereocenters. The van der Waals surface area contributed by atoms with Crippen molar-refractivity contribution >= 4 is 34.5 Å². The lowest BCUT2D eigenvalue weighted by Crippen LogP contribution is -2.33. The van der Waals surface area contributed by atoms with E-state index in [0.29, 0.717) is 28.9 Å². The molecule has 0 saturated carbocycles. The second kappa shape index (κ2) is 7.58. The third-order valence-electron chi connectivity index (χ3n) is 4.91. The third-order valence-corrected chi connectivity index (χ3v) is 4.91. The number of carbonyl (C=O) groups excluding carboxylic acids is 2. The summed E-state index contributed by atoms with van der Waals surface area (Å²) < 4.78 is 44.7. The van der Waals surface area contributed by atoms with E-state index < -0.39 is 30.2 Å². The number of urea groups is 1. The molecule has 1 saturated heterocycles. The average molecular weight is 454 g/mol. The molecule has 1 aliphatic heterocycles. The Morgan fingerprint density at radius 1 is 0.939 bits per heavy atom. The van der Waals surface area contributed by atoms with Crippen molar-refractivity contribution < 1.29 is 27.5 Å². The first-order chi connectivity index (χ1) is 15.8. The highest BCUT2D eigenvalue weighted by Gasteiger charge is 2.39. The molecule has 4 aromatic rings. The minimum Gasteiger partial charge on any atom is -0.456 e. The van der Waals surface area contributed by atoms with E-state index in [2.05, 4.69) is 19.9 Å². The summed E-state index contributed by atoms with van der Waals surface area (Å²) in [5, 5.41) is 0. The molecule has 0 bridgehead atoms. The number of hydrogen-bond acceptors (Lipinski definition) is 6. The zero-order valence-corrected chi connectivity index (χ0v) is 16.6. The van der Waals surface area contributed by atoms with Gasteiger partial charge in [0.2, 0.25) is 0 Å². The number of pyridine rings is 2. The van der Waals surface area contributed by atoms with Gasteiger partial charge in [0, 0.05) is 12.3 Å². The normalized spacial score (nSPS) is 14.4. The van der Waals surface area contributed by atoms with E-state index in [4.69, 9.17) is 4.74 Å². The molecule has 0 aliphatic carbocycles. The van der Waals surface area contributed by atoms with Gasteiger partial charge in [-0.2, -0.15) is 13.2 Å². The second-order valence-corrected chi connectivity index (χ2v) is 7.06. The molecule has 0 atom stereocenters. The van der Waals surface area contributed by atoms with Crippen LogP contribution in [0.3, 0.4) is 0 Å². The molecule has 0 radical (unpaired) electrons. The van der Waals surface area contributed by atoms with E-state index in [9.17, 15) is 22.8 Å². The highest BCUT2D eigenvalue weighted by atomic mass is 19.4. The summed E-state index contributed by atoms with van der Waals surface area (Å²) in [6, 6.07) is 7.81. The Hall–Kier alpha value is -4.48. The summed E-state index contributed by atoms with van der Waals surface area (Å²) >= 11 is 0. The lowest BCUT2D eigenvalue weighted by atomic mass is 10.2. The molecule has 1 aliphatic rings. The lowest BCUT2D eigenvalue weighted by molar-refractivity contribution is -0.137. The minimum atomic E-state index is -4.62. The Bertz CT molecular complexity index is 1370. The van der Waals surface area contributed by atoms with E-state index in [-0.39, 0.29) is 11.4 Å². The van der Waals surface area contributed by atoms with Crippen molar-refractivity contribution in [3.63, 3.8) is 0 Å². The fraction of sp³-hybridized carbons (Fsp3) is 0.0952. The number of nitrogens with zero attached hydrogens (tertiary/aromatic N) is 5. The van der Waals surface area contributed by atoms with Crippen molar-refractivity contribution in [3.8, 4) is 11.5 Å². The van der Waals surface area contributed by atoms with Crippen LogP contribution < -0.4 is 14.5 Å². The summed E-state index contributed by atoms with van der Waals surface area (Å²) in [4.78, 5) is 41.9. The quantitative estimate of drug-likeness (QED) is 0.465. The Kier molecular flexibility index (Phi) is 4.69. The second-order valence-electron chi connectivity index (χ2n) is 7.06. The van der Waals surface area contributed by atoms with Gasteiger partial charge in [-0.15, -0.1) is 0 Å². The van der Waals surface area contributed by atoms with Gasteiger partial charge in [0.05, 0.1) is 35.7 Å². The molecule has 1 N–H and O–H groups in total. The summed E-state index contributed by atoms with van der Waals surface area (Å²) in [6.45, 7) is -0.407. The zero-order chi connectivity index (χ0) is 23.2. The largest absolute Gasteiger partial charge is 0.456 e. The number of fused-ring (bicyclic) bond motifs is 1. The summed E-state index contributed by atoms with van der Waals surface area (Å²) in [7, 11) is 0. The van der Waals surface area contributed by atoms with E-state index in [1.807, 2.05) is 0 Å². The Morgan fingerprint density at radius 2 is 1.73 bits per heavy atom. The van der Waals surface area contributed by atoms with Gasteiger partial charge in [-0.3, -0.25) is 14.7 Å². The van der Waals surface area contributed by atoms with E-state index in [1.54, 1.807) is 18.2 Å². The fourth-order valence-electron chi connectivity index (χ4n) is 3.35. The molecule has 12 heteroatoms. The molecule has 9 nitrogen and oxygen atoms in total. The predicted octanol–water partition coefficient (Wildman–Crippen LogP) is 4.14. The Balaban J connectivity index is 1.35. The standard InChI is InChI=1S/C21H13F3N6O3/c22-21(23,24)12-5-14(8-25-7-12)29-10-18(31)30(20(29)32)13-1-3-15(4-2-13)33-16-6-17-19(26-9-16)28-11-27-17/h1-9,11H,10H2,(H,26,27,28). The van der Waals surface area contributed by atoms with Gasteiger partial charge < -0.3 is 9.72 Å². The van der Waals surface area contributed by atoms with Crippen LogP contribution in [0.5, 0.6) is 11.5 Å². The number of nitrogens with one attached hydrogen (secondary N) is 1. The van der Waals surface area contributed by atoms with Crippen LogP contribution in [0, 0.1) is 0 Å². The van der Waals surface area contributed by atoms with Crippen molar-refractivity contribution in [1.29, 1.82) is 0 Å². The lowest BCUT2D eigenvalue weighted by Gasteiger charge is -2.18. The SMILES string of the molecule is O=C1CN(c2cncc(C(F)(F)F)c2)C(=O)N1c1ccc(Oc2cnc3[nH]cnc3c2)cc1. The van der Waals surface area contributed by atoms with Crippen LogP contribution in [-0.2, 0) is 11.0 Å². The van der Waals surface area contributed by atoms with Crippen molar-refractivity contribution in [2.45, 2.75) is 6.18 Å². The average Bonchev–Trinajstić information content (AvgIpc) is 3.37. The number of halogens is 3. The highest BCUT2D eigenvalue weighted by Crippen LogP contribution is 2.33. The van der Waals surface area contributed by atoms with Crippen LogP contribution in [-0.4, -0.2) is 38.4 Å². The number of H-pyrrole nitrogens is 1. The van der Waals surface area contributed by atoms with Gasteiger partial charge in [-0.1, -0.05) is 0 Å². The number of aromatic amines is 1. The first kappa shape index (κ1) is 20.4. The first-order valence-electron chi connectivity index (χ1n) is 9.53. The molecule has 3 aromatic heterocycles. The number of rotatable bonds is 4. The van der Waals surface area contributed by atoms with Crippen molar-refractivity contribution in [2.24, 2.45) is 0 Å². The molecule has 5 rings (SSSR count). The first-order valence-corrected chi connectivity index (χ1v) is 9.53. The number of benzene rings is 1. The van der Waals surface area contributed by atoms with Crippen LogP contribution in [0.15, 0.2) is 61.3 Å². The van der Waals surface area contributed by atoms with Crippen LogP contribution in [0.4, 0.5) is 29.3 Å². The fourth-order valence-corrected chi connectivity index (χ4v) is 3.35. The molecule has 0 spiro atoms. The summed E-state index contributed by atoms with van der Waals surface area (Å²) in [5.41, 5.74) is 0.362. The van der Waals surface area contributed by atoms with Crippen molar-refractivity contribution in [3.05, 3.63) is 66.9 Å². The van der Waals surface area contributed by atoms with E-state index in [0.717, 1.165) is 22.1 Å². The Labute approximate surface area is 183 Å². The smallest absolute Gasteiger partial charge is 0.417 e. The van der Waals surface area contributed by atoms with Crippen LogP contribution >= 0.6 is 0 Å². The summed E-state index contributed by atoms with van der Waals surface area (Å²) in [6.07, 6.45) is 0.164. The molecular formula is C21H13F3N6O3. The number of aromatic nitrogens is 4. The van der Waals surface area contributed by atoms with Crippen molar-refractivity contribution in [2.75, 3.05) is 16.3 Å². The monoisotopic (exact) mass is 454 g/mol.